The van der Waals surface area contributed by atoms with E-state index in [-0.39, 0.29) is 34.5 Å². The Kier molecular flexibility index (Phi) is 7.63. The lowest BCUT2D eigenvalue weighted by molar-refractivity contribution is -0.327. The van der Waals surface area contributed by atoms with E-state index in [2.05, 4.69) is 0 Å². The zero-order chi connectivity index (χ0) is 29.1. The number of rotatable bonds is 6. The van der Waals surface area contributed by atoms with E-state index >= 15 is 0 Å². The fourth-order valence-electron chi connectivity index (χ4n) is 5.17. The van der Waals surface area contributed by atoms with Crippen molar-refractivity contribution in [3.05, 3.63) is 33.7 Å². The molecular weight excluding hydrogens is 536 g/mol. The molecule has 0 saturated carbocycles. The molecule has 3 aliphatic rings. The van der Waals surface area contributed by atoms with Gasteiger partial charge in [-0.25, -0.2) is 0 Å². The van der Waals surface area contributed by atoms with Crippen molar-refractivity contribution in [2.24, 2.45) is 0 Å². The molecule has 9 atom stereocenters. The number of aromatic hydroxyl groups is 1. The van der Waals surface area contributed by atoms with E-state index in [1.54, 1.807) is 20.8 Å². The Morgan fingerprint density at radius 2 is 1.80 bits per heavy atom. The normalized spacial score (nSPS) is 37.3. The molecule has 5 rings (SSSR count). The van der Waals surface area contributed by atoms with Crippen LogP contribution in [0.4, 0.5) is 0 Å². The number of aliphatic hydroxyl groups is 6. The van der Waals surface area contributed by atoms with Gasteiger partial charge in [0.1, 0.15) is 76.1 Å². The maximum Gasteiger partial charge on any atom is 0.196 e. The smallest absolute Gasteiger partial charge is 0.196 e. The highest BCUT2D eigenvalue weighted by atomic mass is 16.7. The van der Waals surface area contributed by atoms with Crippen LogP contribution >= 0.6 is 0 Å². The molecule has 0 aliphatic carbocycles. The van der Waals surface area contributed by atoms with Crippen LogP contribution in [0.25, 0.3) is 11.0 Å². The summed E-state index contributed by atoms with van der Waals surface area (Å²) in [4.78, 5) is 12.5. The third kappa shape index (κ3) is 4.98. The number of benzene rings is 1. The van der Waals surface area contributed by atoms with Gasteiger partial charge in [0, 0.05) is 24.1 Å². The summed E-state index contributed by atoms with van der Waals surface area (Å²) in [5.74, 6) is 0.331. The molecule has 4 heterocycles. The highest BCUT2D eigenvalue weighted by molar-refractivity contribution is 5.87. The Balaban J connectivity index is 1.34. The first-order valence-corrected chi connectivity index (χ1v) is 12.8. The van der Waals surface area contributed by atoms with E-state index in [1.165, 1.54) is 12.1 Å². The minimum Gasteiger partial charge on any atom is -0.507 e. The average Bonchev–Trinajstić information content (AvgIpc) is 3.17. The first kappa shape index (κ1) is 29.1. The highest BCUT2D eigenvalue weighted by Crippen LogP contribution is 2.43. The van der Waals surface area contributed by atoms with Gasteiger partial charge in [0.25, 0.3) is 0 Å². The van der Waals surface area contributed by atoms with Crippen LogP contribution in [-0.4, -0.2) is 116 Å². The maximum atomic E-state index is 12.5. The molecule has 2 aromatic rings. The fraction of sp³-hybridized carbons (Fsp3) is 0.654. The monoisotopic (exact) mass is 570 g/mol. The van der Waals surface area contributed by atoms with E-state index in [4.69, 9.17) is 28.1 Å². The zero-order valence-corrected chi connectivity index (χ0v) is 22.1. The Morgan fingerprint density at radius 3 is 2.48 bits per heavy atom. The van der Waals surface area contributed by atoms with E-state index in [9.17, 15) is 40.5 Å². The maximum absolute atomic E-state index is 12.5. The van der Waals surface area contributed by atoms with Crippen LogP contribution < -0.4 is 10.2 Å². The number of ether oxygens (including phenoxy) is 5. The third-order valence-electron chi connectivity index (χ3n) is 7.69. The summed E-state index contributed by atoms with van der Waals surface area (Å²) in [6.45, 7) is 3.42. The van der Waals surface area contributed by atoms with Crippen molar-refractivity contribution in [2.45, 2.75) is 87.6 Å². The van der Waals surface area contributed by atoms with Crippen LogP contribution in [0.2, 0.25) is 0 Å². The summed E-state index contributed by atoms with van der Waals surface area (Å²) in [7, 11) is 0. The predicted molar refractivity (Wildman–Crippen MR) is 133 cm³/mol. The number of hydrogen-bond acceptors (Lipinski definition) is 14. The summed E-state index contributed by atoms with van der Waals surface area (Å²) >= 11 is 0. The number of aliphatic hydroxyl groups excluding tert-OH is 5. The first-order chi connectivity index (χ1) is 18.8. The third-order valence-corrected chi connectivity index (χ3v) is 7.69. The van der Waals surface area contributed by atoms with Gasteiger partial charge in [-0.2, -0.15) is 0 Å². The topological polar surface area (TPSA) is 218 Å². The van der Waals surface area contributed by atoms with Gasteiger partial charge in [-0.15, -0.1) is 0 Å². The van der Waals surface area contributed by atoms with Gasteiger partial charge in [-0.05, 0) is 20.8 Å². The van der Waals surface area contributed by atoms with E-state index < -0.39 is 85.7 Å². The molecule has 222 valence electrons. The van der Waals surface area contributed by atoms with E-state index in [0.717, 1.165) is 0 Å². The van der Waals surface area contributed by atoms with Crippen LogP contribution in [0.1, 0.15) is 25.2 Å². The second kappa shape index (κ2) is 10.5. The number of phenols is 1. The predicted octanol–water partition coefficient (Wildman–Crippen LogP) is -1.83. The molecule has 7 N–H and O–H groups in total. The molecule has 14 nitrogen and oxygen atoms in total. The van der Waals surface area contributed by atoms with Crippen LogP contribution in [0.3, 0.4) is 0 Å². The van der Waals surface area contributed by atoms with Crippen molar-refractivity contribution < 1.29 is 63.8 Å². The molecule has 0 radical (unpaired) electrons. The highest BCUT2D eigenvalue weighted by Gasteiger charge is 2.51. The van der Waals surface area contributed by atoms with Crippen molar-refractivity contribution >= 4 is 11.0 Å². The number of hydrogen-bond donors (Lipinski definition) is 7. The molecule has 0 unspecified atom stereocenters. The van der Waals surface area contributed by atoms with Crippen LogP contribution in [0.15, 0.2) is 21.3 Å². The number of phenolic OH excluding ortho intramolecular Hbond substituents is 1. The summed E-state index contributed by atoms with van der Waals surface area (Å²) < 4.78 is 34.1. The Morgan fingerprint density at radius 1 is 1.07 bits per heavy atom. The zero-order valence-electron chi connectivity index (χ0n) is 22.1. The van der Waals surface area contributed by atoms with Gasteiger partial charge in [0.05, 0.1) is 19.8 Å². The van der Waals surface area contributed by atoms with Crippen molar-refractivity contribution in [3.8, 4) is 11.5 Å². The van der Waals surface area contributed by atoms with Crippen LogP contribution in [0.5, 0.6) is 11.5 Å². The van der Waals surface area contributed by atoms with Crippen molar-refractivity contribution in [2.75, 3.05) is 19.8 Å². The molecule has 2 fully saturated rings. The number of aryl methyl sites for hydroxylation is 1. The summed E-state index contributed by atoms with van der Waals surface area (Å²) in [5.41, 5.74) is -2.96. The minimum atomic E-state index is -1.92. The molecule has 0 amide bonds. The van der Waals surface area contributed by atoms with Crippen molar-refractivity contribution in [1.29, 1.82) is 0 Å². The fourth-order valence-corrected chi connectivity index (χ4v) is 5.17. The Hall–Kier alpha value is -2.37. The molecule has 14 heteroatoms. The van der Waals surface area contributed by atoms with Gasteiger partial charge in [-0.1, -0.05) is 0 Å². The van der Waals surface area contributed by atoms with Gasteiger partial charge >= 0.3 is 0 Å². The molecule has 2 saturated heterocycles. The molecule has 1 aromatic heterocycles. The van der Waals surface area contributed by atoms with Crippen LogP contribution in [-0.2, 0) is 25.4 Å². The van der Waals surface area contributed by atoms with Gasteiger partial charge in [0.2, 0.25) is 0 Å². The average molecular weight is 571 g/mol. The largest absolute Gasteiger partial charge is 0.507 e. The lowest BCUT2D eigenvalue weighted by Crippen LogP contribution is -2.62. The Bertz CT molecular complexity index is 1310. The van der Waals surface area contributed by atoms with Crippen molar-refractivity contribution in [3.63, 3.8) is 0 Å². The molecule has 0 spiro atoms. The summed E-state index contributed by atoms with van der Waals surface area (Å²) in [6.07, 6.45) is -11.5. The first-order valence-electron chi connectivity index (χ1n) is 12.8. The molecule has 1 aromatic carbocycles. The standard InChI is InChI=1S/C26H34O14/c1-10-4-12(28)17-14(37-10)6-13-11(18(17)29)5-16(25(2,3)40-13)39-23-21(32)20(31)19(30)15(38-23)7-35-24-22(33)26(34,8-27)9-36-24/h4,6,15-16,19-24,27,29-34H,5,7-9H2,1-3H3/t15-,16+,19-,20+,21-,22+,23+,24-,26-/m1/s1. The second-order valence-electron chi connectivity index (χ2n) is 11.1. The summed E-state index contributed by atoms with van der Waals surface area (Å²) in [6, 6.07) is 2.78. The van der Waals surface area contributed by atoms with Gasteiger partial charge < -0.3 is 63.8 Å². The van der Waals surface area contributed by atoms with Gasteiger partial charge in [0.15, 0.2) is 18.0 Å². The molecule has 0 bridgehead atoms. The minimum absolute atomic E-state index is 0.0134. The van der Waals surface area contributed by atoms with Crippen LogP contribution in [0, 0.1) is 6.92 Å². The summed E-state index contributed by atoms with van der Waals surface area (Å²) in [5, 5.41) is 72.1. The molecule has 3 aliphatic heterocycles. The quantitative estimate of drug-likeness (QED) is 0.203. The van der Waals surface area contributed by atoms with E-state index in [1.807, 2.05) is 0 Å². The Labute approximate surface area is 227 Å². The second-order valence-corrected chi connectivity index (χ2v) is 11.1. The van der Waals surface area contributed by atoms with Crippen molar-refractivity contribution in [1.82, 2.24) is 0 Å². The molecular formula is C26H34O14. The lowest BCUT2D eigenvalue weighted by Gasteiger charge is -2.45. The lowest BCUT2D eigenvalue weighted by atomic mass is 9.89. The van der Waals surface area contributed by atoms with E-state index in [0.29, 0.717) is 5.76 Å². The SMILES string of the molecule is Cc1cc(=O)c2c(O)c3c(cc2o1)OC(C)(C)[C@@H](O[C@@H]1O[C@H](CO[C@@H]2OC[C@](O)(CO)[C@H]2O)[C@@H](O)[C@H](O)[C@H]1O)C3. The number of fused-ring (bicyclic) bond motifs is 2. The van der Waals surface area contributed by atoms with Gasteiger partial charge in [-0.3, -0.25) is 4.79 Å². The molecule has 40 heavy (non-hydrogen) atoms.